The van der Waals surface area contributed by atoms with Gasteiger partial charge in [0.1, 0.15) is 0 Å². The smallest absolute Gasteiger partial charge is 0.253 e. The Balaban J connectivity index is 1.59. The van der Waals surface area contributed by atoms with Crippen LogP contribution in [0.25, 0.3) is 11.0 Å². The molecule has 0 bridgehead atoms. The Hall–Kier alpha value is -2.34. The highest BCUT2D eigenvalue weighted by atomic mass is 32.2. The van der Waals surface area contributed by atoms with Crippen LogP contribution in [-0.4, -0.2) is 26.4 Å². The number of amides is 1. The molecule has 0 fully saturated rings. The topological polar surface area (TPSA) is 59.8 Å². The third kappa shape index (κ3) is 3.02. The number of hydrogen-bond donors (Lipinski definition) is 1. The summed E-state index contributed by atoms with van der Waals surface area (Å²) in [4.78, 5) is 18.4. The molecule has 1 aromatic carbocycles. The van der Waals surface area contributed by atoms with E-state index in [1.807, 2.05) is 34.6 Å². The molecule has 3 heterocycles. The van der Waals surface area contributed by atoms with Crippen molar-refractivity contribution in [2.24, 2.45) is 0 Å². The van der Waals surface area contributed by atoms with Crippen molar-refractivity contribution in [3.05, 3.63) is 53.9 Å². The van der Waals surface area contributed by atoms with Gasteiger partial charge >= 0.3 is 0 Å². The highest BCUT2D eigenvalue weighted by Gasteiger charge is 2.22. The molecule has 2 aromatic heterocycles. The fourth-order valence-corrected chi connectivity index (χ4v) is 4.30. The lowest BCUT2D eigenvalue weighted by Gasteiger charge is -2.25. The van der Waals surface area contributed by atoms with Crippen LogP contribution in [-0.2, 0) is 0 Å². The average molecular weight is 352 g/mol. The van der Waals surface area contributed by atoms with Crippen LogP contribution >= 0.6 is 11.8 Å². The number of fused-ring (bicyclic) bond motifs is 2. The van der Waals surface area contributed by atoms with Crippen LogP contribution in [0.1, 0.15) is 48.3 Å². The number of carbonyl (C=O) groups excluding carboxylic acids is 1. The van der Waals surface area contributed by atoms with Gasteiger partial charge in [-0.2, -0.15) is 5.10 Å². The Morgan fingerprint density at radius 3 is 3.00 bits per heavy atom. The summed E-state index contributed by atoms with van der Waals surface area (Å²) in [6.07, 6.45) is 4.35. The van der Waals surface area contributed by atoms with Crippen LogP contribution in [0.5, 0.6) is 0 Å². The first-order valence-electron chi connectivity index (χ1n) is 8.49. The van der Waals surface area contributed by atoms with Crippen molar-refractivity contribution in [1.82, 2.24) is 20.1 Å². The maximum Gasteiger partial charge on any atom is 0.253 e. The van der Waals surface area contributed by atoms with Gasteiger partial charge < -0.3 is 5.32 Å². The number of nitrogens with one attached hydrogen (secondary N) is 1. The number of pyridine rings is 1. The molecule has 0 saturated carbocycles. The minimum Gasteiger partial charge on any atom is -0.345 e. The van der Waals surface area contributed by atoms with E-state index in [0.717, 1.165) is 23.2 Å². The van der Waals surface area contributed by atoms with Crippen LogP contribution in [0.3, 0.4) is 0 Å². The van der Waals surface area contributed by atoms with Gasteiger partial charge in [-0.15, -0.1) is 11.8 Å². The molecule has 25 heavy (non-hydrogen) atoms. The first-order chi connectivity index (χ1) is 12.1. The minimum atomic E-state index is -0.0848. The summed E-state index contributed by atoms with van der Waals surface area (Å²) in [6, 6.07) is 10.4. The summed E-state index contributed by atoms with van der Waals surface area (Å²) in [6.45, 7) is 4.13. The number of nitrogens with zero attached hydrogens (tertiary/aromatic N) is 3. The van der Waals surface area contributed by atoms with Gasteiger partial charge in [0, 0.05) is 28.3 Å². The van der Waals surface area contributed by atoms with Gasteiger partial charge in [0.2, 0.25) is 0 Å². The monoisotopic (exact) mass is 352 g/mol. The lowest BCUT2D eigenvalue weighted by molar-refractivity contribution is 0.0935. The third-order valence-corrected chi connectivity index (χ3v) is 5.57. The van der Waals surface area contributed by atoms with Crippen molar-refractivity contribution in [1.29, 1.82) is 0 Å². The van der Waals surface area contributed by atoms with Crippen molar-refractivity contribution < 1.29 is 4.79 Å². The van der Waals surface area contributed by atoms with Crippen molar-refractivity contribution >= 4 is 28.7 Å². The highest BCUT2D eigenvalue weighted by Crippen LogP contribution is 2.35. The van der Waals surface area contributed by atoms with Crippen LogP contribution in [0.15, 0.2) is 47.6 Å². The van der Waals surface area contributed by atoms with Crippen molar-refractivity contribution in [3.8, 4) is 0 Å². The molecule has 1 atom stereocenters. The number of hydrogen-bond acceptors (Lipinski definition) is 4. The van der Waals surface area contributed by atoms with E-state index in [4.69, 9.17) is 0 Å². The Morgan fingerprint density at radius 1 is 1.32 bits per heavy atom. The molecule has 1 amide bonds. The Kier molecular flexibility index (Phi) is 4.21. The van der Waals surface area contributed by atoms with Crippen LogP contribution < -0.4 is 5.32 Å². The van der Waals surface area contributed by atoms with E-state index in [0.29, 0.717) is 5.56 Å². The van der Waals surface area contributed by atoms with E-state index in [1.54, 1.807) is 12.4 Å². The van der Waals surface area contributed by atoms with Crippen LogP contribution in [0, 0.1) is 0 Å². The molecule has 3 aromatic rings. The summed E-state index contributed by atoms with van der Waals surface area (Å²) >= 11 is 1.85. The predicted octanol–water partition coefficient (Wildman–Crippen LogP) is 3.98. The van der Waals surface area contributed by atoms with E-state index in [1.165, 1.54) is 10.5 Å². The molecular weight excluding hydrogens is 332 g/mol. The van der Waals surface area contributed by atoms with Gasteiger partial charge in [0.15, 0.2) is 5.65 Å². The maximum atomic E-state index is 12.7. The molecule has 128 valence electrons. The molecule has 4 rings (SSSR count). The van der Waals surface area contributed by atoms with Gasteiger partial charge in [0.05, 0.1) is 17.8 Å². The molecule has 1 N–H and O–H groups in total. The average Bonchev–Trinajstić information content (AvgIpc) is 3.05. The lowest BCUT2D eigenvalue weighted by Crippen LogP contribution is -2.30. The van der Waals surface area contributed by atoms with Gasteiger partial charge in [-0.05, 0) is 38.0 Å². The summed E-state index contributed by atoms with van der Waals surface area (Å²) in [5.41, 5.74) is 2.59. The number of thioether (sulfide) groups is 1. The summed E-state index contributed by atoms with van der Waals surface area (Å²) in [5, 5.41) is 8.42. The maximum absolute atomic E-state index is 12.7. The lowest BCUT2D eigenvalue weighted by atomic mass is 10.0. The van der Waals surface area contributed by atoms with Gasteiger partial charge in [-0.3, -0.25) is 4.79 Å². The Bertz CT molecular complexity index is 934. The van der Waals surface area contributed by atoms with E-state index in [9.17, 15) is 4.79 Å². The molecule has 1 aliphatic heterocycles. The quantitative estimate of drug-likeness (QED) is 0.774. The SMILES string of the molecule is CC(C)n1ncc2cc(C(=O)NC3CCSc4ccccc43)cnc21. The Labute approximate surface area is 150 Å². The zero-order valence-corrected chi connectivity index (χ0v) is 15.1. The number of carbonyl (C=O) groups is 1. The largest absolute Gasteiger partial charge is 0.345 e. The second kappa shape index (κ2) is 6.52. The van der Waals surface area contributed by atoms with Gasteiger partial charge in [0.25, 0.3) is 5.91 Å². The summed E-state index contributed by atoms with van der Waals surface area (Å²) in [5.74, 6) is 0.929. The fourth-order valence-electron chi connectivity index (χ4n) is 3.18. The number of rotatable bonds is 3. The third-order valence-electron chi connectivity index (χ3n) is 4.45. The van der Waals surface area contributed by atoms with Crippen molar-refractivity contribution in [2.45, 2.75) is 37.2 Å². The molecule has 0 radical (unpaired) electrons. The second-order valence-corrected chi connectivity index (χ2v) is 7.66. The first kappa shape index (κ1) is 16.1. The van der Waals surface area contributed by atoms with E-state index in [-0.39, 0.29) is 18.0 Å². The van der Waals surface area contributed by atoms with E-state index < -0.39 is 0 Å². The van der Waals surface area contributed by atoms with Gasteiger partial charge in [-0.1, -0.05) is 18.2 Å². The van der Waals surface area contributed by atoms with Crippen LogP contribution in [0.2, 0.25) is 0 Å². The Morgan fingerprint density at radius 2 is 2.16 bits per heavy atom. The normalized spacial score (nSPS) is 16.8. The van der Waals surface area contributed by atoms with Crippen molar-refractivity contribution in [3.63, 3.8) is 0 Å². The molecule has 5 nitrogen and oxygen atoms in total. The highest BCUT2D eigenvalue weighted by molar-refractivity contribution is 7.99. The number of aromatic nitrogens is 3. The van der Waals surface area contributed by atoms with E-state index in [2.05, 4.69) is 41.4 Å². The van der Waals surface area contributed by atoms with Gasteiger partial charge in [-0.25, -0.2) is 9.67 Å². The zero-order chi connectivity index (χ0) is 17.4. The summed E-state index contributed by atoms with van der Waals surface area (Å²) < 4.78 is 1.87. The first-order valence-corrected chi connectivity index (χ1v) is 9.48. The molecule has 1 aliphatic rings. The molecule has 6 heteroatoms. The number of benzene rings is 1. The predicted molar refractivity (Wildman–Crippen MR) is 99.9 cm³/mol. The molecular formula is C19H20N4OS. The zero-order valence-electron chi connectivity index (χ0n) is 14.3. The minimum absolute atomic E-state index is 0.0547. The molecule has 0 spiro atoms. The van der Waals surface area contributed by atoms with Crippen LogP contribution in [0.4, 0.5) is 0 Å². The second-order valence-electron chi connectivity index (χ2n) is 6.52. The standard InChI is InChI=1S/C19H20N4OS/c1-12(2)23-18-13(11-21-23)9-14(10-20-18)19(24)22-16-7-8-25-17-6-4-3-5-15(16)17/h3-6,9-12,16H,7-8H2,1-2H3,(H,22,24). The van der Waals surface area contributed by atoms with E-state index >= 15 is 0 Å². The van der Waals surface area contributed by atoms with Crippen molar-refractivity contribution in [2.75, 3.05) is 5.75 Å². The fraction of sp³-hybridized carbons (Fsp3) is 0.316. The molecule has 1 unspecified atom stereocenters. The molecule has 0 aliphatic carbocycles. The summed E-state index contributed by atoms with van der Waals surface area (Å²) in [7, 11) is 0. The molecule has 0 saturated heterocycles.